The Bertz CT molecular complexity index is 1780. The van der Waals surface area contributed by atoms with Gasteiger partial charge in [0.15, 0.2) is 5.12 Å². The minimum absolute atomic E-state index is 0.0502. The van der Waals surface area contributed by atoms with Crippen LogP contribution in [0.5, 0.6) is 0 Å². The number of pyridine rings is 1. The van der Waals surface area contributed by atoms with Crippen LogP contribution in [0.25, 0.3) is 33.1 Å². The summed E-state index contributed by atoms with van der Waals surface area (Å²) in [7, 11) is 0. The van der Waals surface area contributed by atoms with Gasteiger partial charge in [-0.2, -0.15) is 0 Å². The minimum Gasteiger partial charge on any atom is -0.444 e. The van der Waals surface area contributed by atoms with Gasteiger partial charge in [0.1, 0.15) is 11.6 Å². The standard InChI is InChI=1S/C35H36N4O4S/c1-35(2,3)43-34(42)39-30(20-25-21-37-29-16-10-8-14-27(25)29)33(41)36-18-17-31(40)44-22-26-19-24-13-7-9-15-28(24)38-32(26)23-11-5-4-6-12-23/h4-16,19,21,30,37H,17-18,20,22H2,1-3H3,(H,36,41)(H,39,42)/t30-/m0/s1. The molecule has 0 aliphatic rings. The van der Waals surface area contributed by atoms with Crippen LogP contribution in [0.15, 0.2) is 91.1 Å². The molecular formula is C35H36N4O4S. The van der Waals surface area contributed by atoms with Crippen LogP contribution in [0.1, 0.15) is 38.3 Å². The molecule has 5 aromatic rings. The third kappa shape index (κ3) is 8.05. The van der Waals surface area contributed by atoms with E-state index in [1.54, 1.807) is 20.8 Å². The number of nitrogens with zero attached hydrogens (tertiary/aromatic N) is 1. The van der Waals surface area contributed by atoms with E-state index >= 15 is 0 Å². The number of benzene rings is 3. The molecule has 8 nitrogen and oxygen atoms in total. The van der Waals surface area contributed by atoms with Gasteiger partial charge >= 0.3 is 6.09 Å². The number of fused-ring (bicyclic) bond motifs is 2. The summed E-state index contributed by atoms with van der Waals surface area (Å²) in [6.07, 6.45) is 1.56. The number of aromatic nitrogens is 2. The molecule has 0 unspecified atom stereocenters. The van der Waals surface area contributed by atoms with Crippen molar-refractivity contribution in [2.45, 2.75) is 51.0 Å². The number of carbonyl (C=O) groups excluding carboxylic acids is 3. The lowest BCUT2D eigenvalue weighted by atomic mass is 10.0. The van der Waals surface area contributed by atoms with Crippen LogP contribution in [0.3, 0.4) is 0 Å². The Morgan fingerprint density at radius 3 is 2.45 bits per heavy atom. The topological polar surface area (TPSA) is 113 Å². The molecule has 2 amide bonds. The molecule has 2 aromatic heterocycles. The van der Waals surface area contributed by atoms with Gasteiger partial charge in [0, 0.05) is 53.2 Å². The van der Waals surface area contributed by atoms with Crippen LogP contribution in [0, 0.1) is 0 Å². The first-order chi connectivity index (χ1) is 21.2. The summed E-state index contributed by atoms with van der Waals surface area (Å²) >= 11 is 1.21. The highest BCUT2D eigenvalue weighted by molar-refractivity contribution is 8.12. The first kappa shape index (κ1) is 30.8. The number of thioether (sulfide) groups is 1. The summed E-state index contributed by atoms with van der Waals surface area (Å²) in [6.45, 7) is 5.44. The molecule has 2 heterocycles. The Labute approximate surface area is 261 Å². The number of aromatic amines is 1. The van der Waals surface area contributed by atoms with E-state index in [-0.39, 0.29) is 30.4 Å². The number of hydrogen-bond donors (Lipinski definition) is 3. The third-order valence-electron chi connectivity index (χ3n) is 6.97. The third-order valence-corrected chi connectivity index (χ3v) is 7.95. The van der Waals surface area contributed by atoms with Crippen molar-refractivity contribution in [1.29, 1.82) is 0 Å². The molecule has 9 heteroatoms. The molecule has 0 aliphatic heterocycles. The quantitative estimate of drug-likeness (QED) is 0.161. The second-order valence-corrected chi connectivity index (χ2v) is 12.6. The maximum Gasteiger partial charge on any atom is 0.408 e. The van der Waals surface area contributed by atoms with Gasteiger partial charge in [0.05, 0.1) is 11.2 Å². The van der Waals surface area contributed by atoms with Crippen LogP contribution in [0.4, 0.5) is 4.79 Å². The molecule has 44 heavy (non-hydrogen) atoms. The Balaban J connectivity index is 1.21. The Morgan fingerprint density at radius 2 is 1.66 bits per heavy atom. The average molecular weight is 609 g/mol. The number of carbonyl (C=O) groups is 3. The molecule has 0 aliphatic carbocycles. The summed E-state index contributed by atoms with van der Waals surface area (Å²) in [5.74, 6) is 0.0714. The molecule has 0 spiro atoms. The van der Waals surface area contributed by atoms with Crippen molar-refractivity contribution < 1.29 is 19.1 Å². The van der Waals surface area contributed by atoms with Gasteiger partial charge in [-0.05, 0) is 50.1 Å². The van der Waals surface area contributed by atoms with Crippen molar-refractivity contribution in [2.24, 2.45) is 0 Å². The van der Waals surface area contributed by atoms with E-state index in [1.165, 1.54) is 11.8 Å². The van der Waals surface area contributed by atoms with Gasteiger partial charge in [0.25, 0.3) is 0 Å². The van der Waals surface area contributed by atoms with Crippen molar-refractivity contribution >= 4 is 50.7 Å². The summed E-state index contributed by atoms with van der Waals surface area (Å²) < 4.78 is 5.41. The molecule has 1 atom stereocenters. The molecular weight excluding hydrogens is 572 g/mol. The van der Waals surface area contributed by atoms with Crippen LogP contribution in [-0.2, 0) is 26.5 Å². The highest BCUT2D eigenvalue weighted by atomic mass is 32.2. The van der Waals surface area contributed by atoms with Crippen LogP contribution < -0.4 is 10.6 Å². The van der Waals surface area contributed by atoms with E-state index in [1.807, 2.05) is 85.1 Å². The van der Waals surface area contributed by atoms with Crippen LogP contribution in [0.2, 0.25) is 0 Å². The van der Waals surface area contributed by atoms with E-state index in [0.717, 1.165) is 44.2 Å². The molecule has 0 radical (unpaired) electrons. The van der Waals surface area contributed by atoms with Crippen molar-refractivity contribution in [3.63, 3.8) is 0 Å². The normalized spacial score (nSPS) is 12.2. The fourth-order valence-corrected chi connectivity index (χ4v) is 5.72. The fraction of sp³-hybridized carbons (Fsp3) is 0.257. The maximum atomic E-state index is 13.3. The molecule has 3 N–H and O–H groups in total. The van der Waals surface area contributed by atoms with E-state index in [2.05, 4.69) is 21.7 Å². The number of amides is 2. The number of hydrogen-bond acceptors (Lipinski definition) is 6. The first-order valence-corrected chi connectivity index (χ1v) is 15.6. The Morgan fingerprint density at radius 1 is 0.932 bits per heavy atom. The van der Waals surface area contributed by atoms with Crippen molar-refractivity contribution in [3.05, 3.63) is 102 Å². The van der Waals surface area contributed by atoms with E-state index in [0.29, 0.717) is 5.75 Å². The first-order valence-electron chi connectivity index (χ1n) is 14.6. The average Bonchev–Trinajstić information content (AvgIpc) is 3.41. The minimum atomic E-state index is -0.885. The Kier molecular flexibility index (Phi) is 9.65. The van der Waals surface area contributed by atoms with E-state index < -0.39 is 17.7 Å². The molecule has 5 rings (SSSR count). The highest BCUT2D eigenvalue weighted by Crippen LogP contribution is 2.29. The second kappa shape index (κ2) is 13.8. The summed E-state index contributed by atoms with van der Waals surface area (Å²) in [5, 5.41) is 7.49. The number of alkyl carbamates (subject to hydrolysis) is 1. The molecule has 0 bridgehead atoms. The van der Waals surface area contributed by atoms with Crippen LogP contribution >= 0.6 is 11.8 Å². The van der Waals surface area contributed by atoms with Gasteiger partial charge in [-0.25, -0.2) is 9.78 Å². The maximum absolute atomic E-state index is 13.3. The van der Waals surface area contributed by atoms with Crippen molar-refractivity contribution in [1.82, 2.24) is 20.6 Å². The van der Waals surface area contributed by atoms with E-state index in [9.17, 15) is 14.4 Å². The largest absolute Gasteiger partial charge is 0.444 e. The van der Waals surface area contributed by atoms with Gasteiger partial charge in [-0.15, -0.1) is 0 Å². The number of nitrogens with one attached hydrogen (secondary N) is 3. The lowest BCUT2D eigenvalue weighted by Crippen LogP contribution is -2.49. The molecule has 0 fully saturated rings. The predicted octanol–water partition coefficient (Wildman–Crippen LogP) is 6.79. The lowest BCUT2D eigenvalue weighted by Gasteiger charge is -2.23. The van der Waals surface area contributed by atoms with Gasteiger partial charge in [0.2, 0.25) is 5.91 Å². The van der Waals surface area contributed by atoms with Crippen molar-refractivity contribution in [2.75, 3.05) is 6.54 Å². The predicted molar refractivity (Wildman–Crippen MR) is 176 cm³/mol. The zero-order chi connectivity index (χ0) is 31.1. The Hall–Kier alpha value is -4.63. The molecule has 0 saturated carbocycles. The summed E-state index contributed by atoms with van der Waals surface area (Å²) in [5.41, 5.74) is 4.84. The van der Waals surface area contributed by atoms with Crippen LogP contribution in [-0.4, -0.2) is 45.3 Å². The molecule has 3 aromatic carbocycles. The van der Waals surface area contributed by atoms with Gasteiger partial charge in [-0.1, -0.05) is 78.5 Å². The van der Waals surface area contributed by atoms with Gasteiger partial charge in [-0.3, -0.25) is 9.59 Å². The van der Waals surface area contributed by atoms with Gasteiger partial charge < -0.3 is 20.4 Å². The zero-order valence-corrected chi connectivity index (χ0v) is 25.9. The number of rotatable bonds is 10. The highest BCUT2D eigenvalue weighted by Gasteiger charge is 2.25. The smallest absolute Gasteiger partial charge is 0.408 e. The summed E-state index contributed by atoms with van der Waals surface area (Å²) in [4.78, 5) is 46.9. The number of ether oxygens (including phenoxy) is 1. The SMILES string of the molecule is CC(C)(C)OC(=O)N[C@@H](Cc1c[nH]c2ccccc12)C(=O)NCCC(=O)SCc1cc2ccccc2nc1-c1ccccc1. The number of para-hydroxylation sites is 2. The molecule has 226 valence electrons. The zero-order valence-electron chi connectivity index (χ0n) is 25.1. The van der Waals surface area contributed by atoms with Crippen molar-refractivity contribution in [3.8, 4) is 11.3 Å². The second-order valence-electron chi connectivity index (χ2n) is 11.5. The summed E-state index contributed by atoms with van der Waals surface area (Å²) in [6, 6.07) is 26.8. The monoisotopic (exact) mass is 608 g/mol. The number of H-pyrrole nitrogens is 1. The van der Waals surface area contributed by atoms with E-state index in [4.69, 9.17) is 9.72 Å². The molecule has 0 saturated heterocycles. The lowest BCUT2D eigenvalue weighted by molar-refractivity contribution is -0.123. The fourth-order valence-electron chi connectivity index (χ4n) is 4.94.